The topological polar surface area (TPSA) is 85.4 Å². The first kappa shape index (κ1) is 27.0. The molecule has 2 aliphatic heterocycles. The standard InChI is InChI=1S/C26H31Cl2N5O4/c1-4-5-22-25(35)31(14-18-8-9-19(27)12-21(18)28)15-23-32(22)24(34)16-30(2)33(23)26(36)29-13-17-6-10-20(37-3)11-7-17/h6-12,22-23H,4-5,13-16H2,1-3H3,(H,29,36)/t22-,23-/m0/s1. The Labute approximate surface area is 226 Å². The molecule has 2 heterocycles. The summed E-state index contributed by atoms with van der Waals surface area (Å²) in [5.41, 5.74) is 1.65. The summed E-state index contributed by atoms with van der Waals surface area (Å²) in [6.07, 6.45) is 0.557. The highest BCUT2D eigenvalue weighted by Crippen LogP contribution is 2.30. The second kappa shape index (κ2) is 11.6. The lowest BCUT2D eigenvalue weighted by molar-refractivity contribution is -0.188. The fourth-order valence-corrected chi connectivity index (χ4v) is 5.32. The van der Waals surface area contributed by atoms with Crippen LogP contribution in [0.5, 0.6) is 5.75 Å². The number of hydrogen-bond donors (Lipinski definition) is 1. The number of hydrazine groups is 1. The number of nitrogens with zero attached hydrogens (tertiary/aromatic N) is 4. The third kappa shape index (κ3) is 5.79. The number of likely N-dealkylation sites (N-methyl/N-ethyl adjacent to an activating group) is 1. The highest BCUT2D eigenvalue weighted by Gasteiger charge is 2.50. The molecule has 0 unspecified atom stereocenters. The van der Waals surface area contributed by atoms with Crippen LogP contribution in [0.4, 0.5) is 4.79 Å². The highest BCUT2D eigenvalue weighted by molar-refractivity contribution is 6.35. The van der Waals surface area contributed by atoms with E-state index in [1.54, 1.807) is 47.2 Å². The van der Waals surface area contributed by atoms with Crippen molar-refractivity contribution in [3.63, 3.8) is 0 Å². The molecule has 2 aromatic carbocycles. The van der Waals surface area contributed by atoms with E-state index in [1.807, 2.05) is 31.2 Å². The zero-order chi connectivity index (χ0) is 26.7. The van der Waals surface area contributed by atoms with E-state index >= 15 is 0 Å². The average Bonchev–Trinajstić information content (AvgIpc) is 2.87. The van der Waals surface area contributed by atoms with Crippen molar-refractivity contribution >= 4 is 41.0 Å². The van der Waals surface area contributed by atoms with Gasteiger partial charge in [0, 0.05) is 30.2 Å². The van der Waals surface area contributed by atoms with Crippen LogP contribution in [0, 0.1) is 0 Å². The second-order valence-corrected chi connectivity index (χ2v) is 10.1. The van der Waals surface area contributed by atoms with Gasteiger partial charge in [-0.2, -0.15) is 0 Å². The number of carbonyl (C=O) groups excluding carboxylic acids is 3. The minimum Gasteiger partial charge on any atom is -0.497 e. The van der Waals surface area contributed by atoms with Crippen LogP contribution in [0.25, 0.3) is 0 Å². The molecule has 0 radical (unpaired) electrons. The molecule has 4 amide bonds. The van der Waals surface area contributed by atoms with E-state index in [0.29, 0.717) is 29.4 Å². The summed E-state index contributed by atoms with van der Waals surface area (Å²) in [5, 5.41) is 7.06. The van der Waals surface area contributed by atoms with Gasteiger partial charge in [0.2, 0.25) is 11.8 Å². The number of hydrogen-bond acceptors (Lipinski definition) is 5. The van der Waals surface area contributed by atoms with Gasteiger partial charge in [-0.3, -0.25) is 9.59 Å². The Morgan fingerprint density at radius 3 is 2.51 bits per heavy atom. The van der Waals surface area contributed by atoms with E-state index in [0.717, 1.165) is 16.9 Å². The summed E-state index contributed by atoms with van der Waals surface area (Å²) in [6, 6.07) is 11.6. The number of methoxy groups -OCH3 is 1. The lowest BCUT2D eigenvalue weighted by Crippen LogP contribution is -2.75. The predicted molar refractivity (Wildman–Crippen MR) is 141 cm³/mol. The summed E-state index contributed by atoms with van der Waals surface area (Å²) < 4.78 is 5.19. The molecular weight excluding hydrogens is 517 g/mol. The van der Waals surface area contributed by atoms with Gasteiger partial charge in [-0.05, 0) is 41.8 Å². The van der Waals surface area contributed by atoms with Crippen LogP contribution >= 0.6 is 23.2 Å². The number of halogens is 2. The molecule has 9 nitrogen and oxygen atoms in total. The number of amides is 4. The Morgan fingerprint density at radius 1 is 1.14 bits per heavy atom. The molecule has 37 heavy (non-hydrogen) atoms. The molecule has 2 saturated heterocycles. The third-order valence-corrected chi connectivity index (χ3v) is 7.28. The Kier molecular flexibility index (Phi) is 8.46. The van der Waals surface area contributed by atoms with Crippen molar-refractivity contribution in [3.8, 4) is 5.75 Å². The Hall–Kier alpha value is -3.01. The first-order valence-electron chi connectivity index (χ1n) is 12.2. The number of nitrogens with one attached hydrogen (secondary N) is 1. The van der Waals surface area contributed by atoms with E-state index < -0.39 is 12.2 Å². The highest BCUT2D eigenvalue weighted by atomic mass is 35.5. The maximum absolute atomic E-state index is 13.5. The summed E-state index contributed by atoms with van der Waals surface area (Å²) in [7, 11) is 3.30. The van der Waals surface area contributed by atoms with Crippen LogP contribution in [-0.4, -0.2) is 77.1 Å². The number of rotatable bonds is 7. The molecule has 2 atom stereocenters. The Balaban J connectivity index is 1.58. The number of ether oxygens (including phenoxy) is 1. The number of carbonyl (C=O) groups is 3. The average molecular weight is 548 g/mol. The van der Waals surface area contributed by atoms with Gasteiger partial charge >= 0.3 is 6.03 Å². The number of benzene rings is 2. The lowest BCUT2D eigenvalue weighted by atomic mass is 10.0. The van der Waals surface area contributed by atoms with Gasteiger partial charge in [-0.25, -0.2) is 14.8 Å². The van der Waals surface area contributed by atoms with Gasteiger partial charge in [0.05, 0.1) is 20.2 Å². The van der Waals surface area contributed by atoms with Gasteiger partial charge in [0.15, 0.2) is 0 Å². The minimum absolute atomic E-state index is 0.00294. The van der Waals surface area contributed by atoms with Crippen LogP contribution in [0.15, 0.2) is 42.5 Å². The van der Waals surface area contributed by atoms with Gasteiger partial charge in [0.25, 0.3) is 0 Å². The zero-order valence-corrected chi connectivity index (χ0v) is 22.6. The molecule has 0 saturated carbocycles. The molecule has 11 heteroatoms. The fourth-order valence-electron chi connectivity index (χ4n) is 4.86. The number of piperazine rings is 1. The summed E-state index contributed by atoms with van der Waals surface area (Å²) in [5.74, 6) is 0.401. The molecular formula is C26H31Cl2N5O4. The van der Waals surface area contributed by atoms with Gasteiger partial charge in [-0.15, -0.1) is 0 Å². The first-order chi connectivity index (χ1) is 17.7. The van der Waals surface area contributed by atoms with E-state index in [1.165, 1.54) is 5.01 Å². The van der Waals surface area contributed by atoms with Crippen molar-refractivity contribution in [1.82, 2.24) is 25.1 Å². The van der Waals surface area contributed by atoms with Gasteiger partial charge < -0.3 is 19.9 Å². The van der Waals surface area contributed by atoms with Gasteiger partial charge in [0.1, 0.15) is 18.0 Å². The zero-order valence-electron chi connectivity index (χ0n) is 21.1. The maximum atomic E-state index is 13.5. The molecule has 0 aromatic heterocycles. The molecule has 0 bridgehead atoms. The van der Waals surface area contributed by atoms with Crippen LogP contribution in [-0.2, 0) is 22.7 Å². The monoisotopic (exact) mass is 547 g/mol. The van der Waals surface area contributed by atoms with Crippen molar-refractivity contribution in [1.29, 1.82) is 0 Å². The summed E-state index contributed by atoms with van der Waals surface area (Å²) in [6.45, 7) is 2.68. The minimum atomic E-state index is -0.659. The molecule has 1 N–H and O–H groups in total. The Bertz CT molecular complexity index is 1160. The SMILES string of the molecule is CCC[C@H]1C(=O)N(Cc2ccc(Cl)cc2Cl)C[C@H]2N1C(=O)CN(C)N2C(=O)NCc1ccc(OC)cc1. The molecule has 2 aromatic rings. The lowest BCUT2D eigenvalue weighted by Gasteiger charge is -2.54. The molecule has 4 rings (SSSR count). The van der Waals surface area contributed by atoms with Crippen molar-refractivity contribution in [3.05, 3.63) is 63.6 Å². The molecule has 198 valence electrons. The molecule has 2 aliphatic rings. The van der Waals surface area contributed by atoms with Crippen LogP contribution in [0.3, 0.4) is 0 Å². The summed E-state index contributed by atoms with van der Waals surface area (Å²) >= 11 is 12.4. The van der Waals surface area contributed by atoms with Crippen molar-refractivity contribution in [2.45, 2.75) is 45.1 Å². The number of urea groups is 1. The quantitative estimate of drug-likeness (QED) is 0.570. The largest absolute Gasteiger partial charge is 0.497 e. The Morgan fingerprint density at radius 2 is 1.86 bits per heavy atom. The summed E-state index contributed by atoms with van der Waals surface area (Å²) in [4.78, 5) is 43.4. The number of fused-ring (bicyclic) bond motifs is 1. The van der Waals surface area contributed by atoms with Crippen LogP contribution in [0.1, 0.15) is 30.9 Å². The van der Waals surface area contributed by atoms with E-state index in [-0.39, 0.29) is 37.5 Å². The van der Waals surface area contributed by atoms with Crippen LogP contribution in [0.2, 0.25) is 10.0 Å². The van der Waals surface area contributed by atoms with E-state index in [2.05, 4.69) is 5.32 Å². The van der Waals surface area contributed by atoms with Crippen molar-refractivity contribution < 1.29 is 19.1 Å². The van der Waals surface area contributed by atoms with Crippen molar-refractivity contribution in [2.24, 2.45) is 0 Å². The molecule has 0 spiro atoms. The third-order valence-electron chi connectivity index (χ3n) is 6.69. The van der Waals surface area contributed by atoms with Crippen LogP contribution < -0.4 is 10.1 Å². The normalized spacial score (nSPS) is 20.2. The fraction of sp³-hybridized carbons (Fsp3) is 0.423. The van der Waals surface area contributed by atoms with E-state index in [9.17, 15) is 14.4 Å². The van der Waals surface area contributed by atoms with E-state index in [4.69, 9.17) is 27.9 Å². The van der Waals surface area contributed by atoms with Crippen molar-refractivity contribution in [2.75, 3.05) is 27.2 Å². The smallest absolute Gasteiger partial charge is 0.334 e. The second-order valence-electron chi connectivity index (χ2n) is 9.21. The molecule has 2 fully saturated rings. The predicted octanol–water partition coefficient (Wildman–Crippen LogP) is 3.74. The first-order valence-corrected chi connectivity index (χ1v) is 12.9. The maximum Gasteiger partial charge on any atom is 0.334 e. The molecule has 0 aliphatic carbocycles. The van der Waals surface area contributed by atoms with Gasteiger partial charge in [-0.1, -0.05) is 54.7 Å².